The Morgan fingerprint density at radius 1 is 1.20 bits per heavy atom. The van der Waals surface area contributed by atoms with Gasteiger partial charge in [-0.1, -0.05) is 20.8 Å². The predicted octanol–water partition coefficient (Wildman–Crippen LogP) is -0.820. The van der Waals surface area contributed by atoms with Crippen molar-refractivity contribution in [3.8, 4) is 0 Å². The molecule has 2 spiro atoms. The van der Waals surface area contributed by atoms with Gasteiger partial charge in [0, 0.05) is 0 Å². The molecule has 3 aliphatic heterocycles. The van der Waals surface area contributed by atoms with Gasteiger partial charge in [-0.2, -0.15) is 0 Å². The fourth-order valence-corrected chi connectivity index (χ4v) is 7.72. The molecule has 30 heavy (non-hydrogen) atoms. The van der Waals surface area contributed by atoms with Crippen LogP contribution in [0.25, 0.3) is 0 Å². The van der Waals surface area contributed by atoms with E-state index in [2.05, 4.69) is 0 Å². The number of aliphatic hydroxyl groups is 3. The lowest BCUT2D eigenvalue weighted by atomic mass is 9.51. The van der Waals surface area contributed by atoms with Crippen molar-refractivity contribution >= 4 is 17.9 Å². The molecule has 0 aromatic heterocycles. The van der Waals surface area contributed by atoms with Crippen LogP contribution in [-0.4, -0.2) is 74.1 Å². The largest absolute Gasteiger partial charge is 0.481 e. The molecule has 166 valence electrons. The summed E-state index contributed by atoms with van der Waals surface area (Å²) in [5, 5.41) is 43.5. The van der Waals surface area contributed by atoms with Gasteiger partial charge in [0.25, 0.3) is 0 Å². The van der Waals surface area contributed by atoms with E-state index >= 15 is 0 Å². The average molecular weight is 426 g/mol. The molecule has 0 bridgehead atoms. The first-order valence-corrected chi connectivity index (χ1v) is 10.1. The molecule has 4 N–H and O–H groups in total. The molecular weight excluding hydrogens is 400 g/mol. The van der Waals surface area contributed by atoms with Crippen LogP contribution >= 0.6 is 0 Å². The van der Waals surface area contributed by atoms with E-state index in [4.69, 9.17) is 14.2 Å². The molecule has 3 heterocycles. The van der Waals surface area contributed by atoms with Crippen LogP contribution < -0.4 is 0 Å². The van der Waals surface area contributed by atoms with Crippen LogP contribution in [0.5, 0.6) is 0 Å². The van der Waals surface area contributed by atoms with Crippen LogP contribution in [0.15, 0.2) is 0 Å². The third-order valence-electron chi connectivity index (χ3n) is 8.75. The van der Waals surface area contributed by atoms with Crippen molar-refractivity contribution < 1.29 is 49.0 Å². The van der Waals surface area contributed by atoms with Crippen LogP contribution in [0.3, 0.4) is 0 Å². The van der Waals surface area contributed by atoms with Gasteiger partial charge in [0.15, 0.2) is 6.10 Å². The van der Waals surface area contributed by atoms with Gasteiger partial charge in [-0.25, -0.2) is 9.59 Å². The van der Waals surface area contributed by atoms with Crippen LogP contribution in [0.2, 0.25) is 0 Å². The van der Waals surface area contributed by atoms with Crippen LogP contribution in [0, 0.1) is 28.1 Å². The SMILES string of the molecule is C[C@H](C(=O)O)[C@@]1(O)[C@@H](O)C[C@@]23[C@H]4C[C@@H](C(C)(C)C)[C@]25[C@@H](OC(=O)[C@@H]5O)O[C@@]13C(=O)O4. The van der Waals surface area contributed by atoms with Gasteiger partial charge < -0.3 is 34.6 Å². The highest BCUT2D eigenvalue weighted by Crippen LogP contribution is 2.83. The zero-order chi connectivity index (χ0) is 22.2. The maximum atomic E-state index is 13.3. The van der Waals surface area contributed by atoms with Crippen molar-refractivity contribution in [2.75, 3.05) is 0 Å². The number of aliphatic carboxylic acids is 1. The van der Waals surface area contributed by atoms with Gasteiger partial charge in [0.1, 0.15) is 11.7 Å². The number of hydrogen-bond acceptors (Lipinski definition) is 9. The van der Waals surface area contributed by atoms with Crippen LogP contribution in [0.4, 0.5) is 0 Å². The summed E-state index contributed by atoms with van der Waals surface area (Å²) in [6.07, 6.45) is -5.60. The van der Waals surface area contributed by atoms with Gasteiger partial charge in [-0.05, 0) is 31.1 Å². The number of carboxylic acid groups (broad SMARTS) is 1. The van der Waals surface area contributed by atoms with Crippen molar-refractivity contribution in [1.82, 2.24) is 0 Å². The number of carbonyl (C=O) groups excluding carboxylic acids is 2. The van der Waals surface area contributed by atoms with Gasteiger partial charge in [0.2, 0.25) is 11.9 Å². The van der Waals surface area contributed by atoms with E-state index in [-0.39, 0.29) is 12.8 Å². The minimum atomic E-state index is -2.54. The standard InChI is InChI=1S/C20H26O10/c1-7(12(23)24)19(27)9(21)6-17-10-5-8(16(2,3)4)18(17)11(22)13(25)29-15(18)30-20(17,19)14(26)28-10/h7-11,15,21-22,27H,5-6H2,1-4H3,(H,23,24)/t7-,8+,9+,10-,11+,15+,17-,18+,19-,20-/m1/s1. The summed E-state index contributed by atoms with van der Waals surface area (Å²) in [5.41, 5.74) is -8.33. The summed E-state index contributed by atoms with van der Waals surface area (Å²) < 4.78 is 17.0. The minimum Gasteiger partial charge on any atom is -0.481 e. The minimum absolute atomic E-state index is 0.259. The molecule has 5 fully saturated rings. The highest BCUT2D eigenvalue weighted by atomic mass is 16.8. The molecular formula is C20H26O10. The van der Waals surface area contributed by atoms with Gasteiger partial charge in [-0.15, -0.1) is 0 Å². The van der Waals surface area contributed by atoms with Crippen molar-refractivity contribution in [3.05, 3.63) is 0 Å². The Labute approximate surface area is 172 Å². The third-order valence-corrected chi connectivity index (χ3v) is 8.75. The third kappa shape index (κ3) is 1.57. The molecule has 5 aliphatic rings. The van der Waals surface area contributed by atoms with Crippen LogP contribution in [-0.2, 0) is 28.6 Å². The Morgan fingerprint density at radius 3 is 2.40 bits per heavy atom. The molecule has 3 saturated heterocycles. The zero-order valence-electron chi connectivity index (χ0n) is 17.1. The van der Waals surface area contributed by atoms with E-state index in [0.717, 1.165) is 0 Å². The van der Waals surface area contributed by atoms with Gasteiger partial charge >= 0.3 is 17.9 Å². The second-order valence-corrected chi connectivity index (χ2v) is 10.5. The number of esters is 2. The summed E-state index contributed by atoms with van der Waals surface area (Å²) in [4.78, 5) is 37.6. The number of aliphatic hydroxyl groups excluding tert-OH is 2. The molecule has 10 nitrogen and oxygen atoms in total. The molecule has 5 rings (SSSR count). The summed E-state index contributed by atoms with van der Waals surface area (Å²) in [5.74, 6) is -5.38. The molecule has 0 unspecified atom stereocenters. The smallest absolute Gasteiger partial charge is 0.342 e. The lowest BCUT2D eigenvalue weighted by molar-refractivity contribution is -0.253. The second kappa shape index (κ2) is 5.17. The van der Waals surface area contributed by atoms with E-state index in [9.17, 15) is 34.8 Å². The molecule has 0 aromatic rings. The number of carboxylic acids is 1. The fourth-order valence-electron chi connectivity index (χ4n) is 7.72. The van der Waals surface area contributed by atoms with Crippen molar-refractivity contribution in [2.24, 2.45) is 28.1 Å². The summed E-state index contributed by atoms with van der Waals surface area (Å²) in [6, 6.07) is 0. The van der Waals surface area contributed by atoms with E-state index in [0.29, 0.717) is 0 Å². The Kier molecular flexibility index (Phi) is 3.48. The number of hydrogen-bond donors (Lipinski definition) is 4. The Bertz CT molecular complexity index is 879. The van der Waals surface area contributed by atoms with Gasteiger partial charge in [-0.3, -0.25) is 4.79 Å². The molecule has 10 atom stereocenters. The first-order valence-electron chi connectivity index (χ1n) is 10.1. The maximum absolute atomic E-state index is 13.3. The number of ether oxygens (including phenoxy) is 3. The number of carbonyl (C=O) groups is 3. The molecule has 2 saturated carbocycles. The first-order chi connectivity index (χ1) is 13.7. The van der Waals surface area contributed by atoms with Crippen molar-refractivity contribution in [2.45, 2.75) is 76.3 Å². The Balaban J connectivity index is 1.85. The molecule has 10 heteroatoms. The predicted molar refractivity (Wildman–Crippen MR) is 94.4 cm³/mol. The number of rotatable bonds is 2. The van der Waals surface area contributed by atoms with Gasteiger partial charge in [0.05, 0.1) is 22.9 Å². The first kappa shape index (κ1) is 20.2. The quantitative estimate of drug-likeness (QED) is 0.411. The molecule has 0 amide bonds. The second-order valence-electron chi connectivity index (χ2n) is 10.5. The van der Waals surface area contributed by atoms with Crippen molar-refractivity contribution in [1.29, 1.82) is 0 Å². The Morgan fingerprint density at radius 2 is 1.83 bits per heavy atom. The molecule has 0 aromatic carbocycles. The highest BCUT2D eigenvalue weighted by Gasteiger charge is 2.99. The van der Waals surface area contributed by atoms with E-state index < -0.39 is 81.8 Å². The zero-order valence-corrected chi connectivity index (χ0v) is 17.1. The summed E-state index contributed by atoms with van der Waals surface area (Å²) in [7, 11) is 0. The lowest BCUT2D eigenvalue weighted by Crippen LogP contribution is -2.68. The highest BCUT2D eigenvalue weighted by molar-refractivity contribution is 5.92. The monoisotopic (exact) mass is 426 g/mol. The average Bonchev–Trinajstić information content (AvgIpc) is 3.28. The maximum Gasteiger partial charge on any atom is 0.342 e. The van der Waals surface area contributed by atoms with E-state index in [1.165, 1.54) is 6.92 Å². The lowest BCUT2D eigenvalue weighted by Gasteiger charge is -2.46. The van der Waals surface area contributed by atoms with E-state index in [1.54, 1.807) is 0 Å². The fraction of sp³-hybridized carbons (Fsp3) is 0.850. The topological polar surface area (TPSA) is 160 Å². The summed E-state index contributed by atoms with van der Waals surface area (Å²) >= 11 is 0. The summed E-state index contributed by atoms with van der Waals surface area (Å²) in [6.45, 7) is 6.92. The van der Waals surface area contributed by atoms with Crippen molar-refractivity contribution in [3.63, 3.8) is 0 Å². The molecule has 2 aliphatic carbocycles. The Hall–Kier alpha value is -1.75. The van der Waals surface area contributed by atoms with Crippen LogP contribution in [0.1, 0.15) is 40.5 Å². The molecule has 0 radical (unpaired) electrons. The van der Waals surface area contributed by atoms with E-state index in [1.807, 2.05) is 20.8 Å². The normalized spacial score (nSPS) is 54.4.